The van der Waals surface area contributed by atoms with E-state index in [1.165, 1.54) is 22.8 Å². The molecule has 0 radical (unpaired) electrons. The topological polar surface area (TPSA) is 107 Å². The molecule has 1 amide bonds. The minimum atomic E-state index is -0.919. The van der Waals surface area contributed by atoms with Gasteiger partial charge in [-0.2, -0.15) is 4.98 Å². The first-order valence-corrected chi connectivity index (χ1v) is 14.6. The van der Waals surface area contributed by atoms with E-state index in [1.54, 1.807) is 6.20 Å². The molecule has 4 aromatic rings. The fraction of sp³-hybridized carbons (Fsp3) is 0.406. The zero-order valence-electron chi connectivity index (χ0n) is 24.5. The van der Waals surface area contributed by atoms with E-state index in [4.69, 9.17) is 5.73 Å². The summed E-state index contributed by atoms with van der Waals surface area (Å²) in [6, 6.07) is 6.97. The van der Waals surface area contributed by atoms with Crippen molar-refractivity contribution in [2.75, 3.05) is 11.4 Å². The van der Waals surface area contributed by atoms with E-state index in [-0.39, 0.29) is 28.7 Å². The zero-order chi connectivity index (χ0) is 30.1. The lowest BCUT2D eigenvalue weighted by molar-refractivity contribution is 0.100. The number of aromatic nitrogens is 4. The van der Waals surface area contributed by atoms with E-state index in [0.29, 0.717) is 35.6 Å². The first-order valence-electron chi connectivity index (χ1n) is 14.6. The van der Waals surface area contributed by atoms with Gasteiger partial charge in [0, 0.05) is 18.8 Å². The van der Waals surface area contributed by atoms with Crippen molar-refractivity contribution in [1.82, 2.24) is 19.5 Å². The largest absolute Gasteiger partial charge is 0.366 e. The first kappa shape index (κ1) is 29.3. The third-order valence-electron chi connectivity index (χ3n) is 8.00. The molecule has 8 nitrogen and oxygen atoms in total. The van der Waals surface area contributed by atoms with Gasteiger partial charge in [0.2, 0.25) is 5.91 Å². The molecular weight excluding hydrogens is 538 g/mol. The number of rotatable bonds is 8. The molecule has 0 spiro atoms. The van der Waals surface area contributed by atoms with Gasteiger partial charge in [0.05, 0.1) is 27.9 Å². The summed E-state index contributed by atoms with van der Waals surface area (Å²) in [6.07, 6.45) is 7.08. The van der Waals surface area contributed by atoms with Crippen LogP contribution in [0.4, 0.5) is 14.6 Å². The summed E-state index contributed by atoms with van der Waals surface area (Å²) >= 11 is 0. The molecule has 1 aromatic carbocycles. The van der Waals surface area contributed by atoms with Gasteiger partial charge < -0.3 is 10.6 Å². The number of pyridine rings is 2. The molecule has 1 saturated heterocycles. The van der Waals surface area contributed by atoms with Gasteiger partial charge in [0.25, 0.3) is 0 Å². The lowest BCUT2D eigenvalue weighted by atomic mass is 9.99. The second-order valence-corrected chi connectivity index (χ2v) is 11.3. The number of carbonyl (C=O) groups is 1. The monoisotopic (exact) mass is 574 g/mol. The smallest absolute Gasteiger partial charge is 0.355 e. The Balaban J connectivity index is 1.93. The molecule has 0 bridgehead atoms. The molecule has 0 saturated carbocycles. The summed E-state index contributed by atoms with van der Waals surface area (Å²) in [5, 5.41) is 0.321. The fourth-order valence-corrected chi connectivity index (χ4v) is 5.85. The molecular formula is C32H36F2N6O2. The van der Waals surface area contributed by atoms with Crippen molar-refractivity contribution in [2.24, 2.45) is 5.73 Å². The first-order chi connectivity index (χ1) is 20.1. The summed E-state index contributed by atoms with van der Waals surface area (Å²) in [5.41, 5.74) is 6.22. The van der Waals surface area contributed by atoms with Crippen LogP contribution in [-0.2, 0) is 6.42 Å². The maximum absolute atomic E-state index is 16.0. The quantitative estimate of drug-likeness (QED) is 0.274. The molecule has 0 unspecified atom stereocenters. The molecule has 10 heteroatoms. The normalized spacial score (nSPS) is 15.5. The number of nitrogens with two attached hydrogens (primary N) is 1. The number of primary amides is 1. The third-order valence-corrected chi connectivity index (χ3v) is 8.00. The summed E-state index contributed by atoms with van der Waals surface area (Å²) in [4.78, 5) is 42.2. The van der Waals surface area contributed by atoms with E-state index in [2.05, 4.69) is 28.8 Å². The van der Waals surface area contributed by atoms with Crippen molar-refractivity contribution in [3.63, 3.8) is 0 Å². The predicted octanol–water partition coefficient (Wildman–Crippen LogP) is 6.06. The second kappa shape index (κ2) is 12.0. The van der Waals surface area contributed by atoms with Crippen LogP contribution in [0.15, 0.2) is 41.3 Å². The number of anilines is 1. The SMILES string of the molecule is CCCCc1ccnc(C(C)C)c1-n1c(=O)nc(N2CCCC[C@@H]2C)c2cc(F)c(-c3c(F)cccc3C(N)=O)nc21. The number of nitrogens with zero attached hydrogens (tertiary/aromatic N) is 5. The van der Waals surface area contributed by atoms with Crippen molar-refractivity contribution in [3.05, 3.63) is 75.5 Å². The van der Waals surface area contributed by atoms with Crippen LogP contribution in [0.1, 0.15) is 87.3 Å². The van der Waals surface area contributed by atoms with Crippen LogP contribution < -0.4 is 16.3 Å². The number of unbranched alkanes of at least 4 members (excludes halogenated alkanes) is 1. The minimum absolute atomic E-state index is 0.0572. The maximum Gasteiger partial charge on any atom is 0.355 e. The third kappa shape index (κ3) is 5.26. The Morgan fingerprint density at radius 3 is 2.62 bits per heavy atom. The fourth-order valence-electron chi connectivity index (χ4n) is 5.85. The molecule has 1 atom stereocenters. The Hall–Kier alpha value is -4.21. The highest BCUT2D eigenvalue weighted by atomic mass is 19.1. The van der Waals surface area contributed by atoms with Crippen molar-refractivity contribution in [2.45, 2.75) is 78.2 Å². The summed E-state index contributed by atoms with van der Waals surface area (Å²) < 4.78 is 32.7. The average molecular weight is 575 g/mol. The van der Waals surface area contributed by atoms with E-state index >= 15 is 8.78 Å². The molecule has 0 aliphatic carbocycles. The molecule has 1 fully saturated rings. The van der Waals surface area contributed by atoms with Crippen molar-refractivity contribution < 1.29 is 13.6 Å². The number of benzene rings is 1. The van der Waals surface area contributed by atoms with Crippen LogP contribution in [0.25, 0.3) is 28.0 Å². The highest BCUT2D eigenvalue weighted by molar-refractivity contribution is 6.00. The standard InChI is InChI=1S/C32H36F2N6O2/c1-5-6-11-20-14-15-36-26(18(2)3)28(20)40-31-22(30(38-32(40)42)39-16-8-7-10-19(39)4)17-24(34)27(37-31)25-21(29(35)41)12-9-13-23(25)33/h9,12-15,17-19H,5-8,10-11,16H2,1-4H3,(H2,35,41)/t19-/m0/s1. The molecule has 1 aliphatic rings. The number of hydrogen-bond acceptors (Lipinski definition) is 6. The summed E-state index contributed by atoms with van der Waals surface area (Å²) in [6.45, 7) is 8.76. The highest BCUT2D eigenvalue weighted by Gasteiger charge is 2.29. The predicted molar refractivity (Wildman–Crippen MR) is 160 cm³/mol. The molecule has 1 aliphatic heterocycles. The number of piperidine rings is 1. The Bertz CT molecular complexity index is 1720. The van der Waals surface area contributed by atoms with Crippen molar-refractivity contribution in [1.29, 1.82) is 0 Å². The number of carbonyl (C=O) groups excluding carboxylic acids is 1. The van der Waals surface area contributed by atoms with Crippen LogP contribution in [-0.4, -0.2) is 38.0 Å². The van der Waals surface area contributed by atoms with E-state index in [0.717, 1.165) is 43.7 Å². The van der Waals surface area contributed by atoms with Crippen LogP contribution in [0.5, 0.6) is 0 Å². The lowest BCUT2D eigenvalue weighted by Gasteiger charge is -2.35. The molecule has 42 heavy (non-hydrogen) atoms. The molecule has 5 rings (SSSR count). The van der Waals surface area contributed by atoms with Gasteiger partial charge >= 0.3 is 5.69 Å². The Morgan fingerprint density at radius 1 is 1.14 bits per heavy atom. The lowest BCUT2D eigenvalue weighted by Crippen LogP contribution is -2.40. The minimum Gasteiger partial charge on any atom is -0.366 e. The Labute approximate surface area is 243 Å². The number of aryl methyl sites for hydroxylation is 1. The number of fused-ring (bicyclic) bond motifs is 1. The second-order valence-electron chi connectivity index (χ2n) is 11.3. The van der Waals surface area contributed by atoms with Gasteiger partial charge in [-0.25, -0.2) is 23.1 Å². The molecule has 3 aromatic heterocycles. The molecule has 2 N–H and O–H groups in total. The van der Waals surface area contributed by atoms with Gasteiger partial charge in [-0.1, -0.05) is 33.3 Å². The van der Waals surface area contributed by atoms with Crippen LogP contribution in [0.2, 0.25) is 0 Å². The van der Waals surface area contributed by atoms with Gasteiger partial charge in [-0.3, -0.25) is 9.78 Å². The maximum atomic E-state index is 16.0. The van der Waals surface area contributed by atoms with Gasteiger partial charge in [0.1, 0.15) is 17.3 Å². The van der Waals surface area contributed by atoms with Gasteiger partial charge in [-0.15, -0.1) is 0 Å². The number of halogens is 2. The number of hydrogen-bond donors (Lipinski definition) is 1. The van der Waals surface area contributed by atoms with Crippen LogP contribution in [0.3, 0.4) is 0 Å². The molecule has 4 heterocycles. The Morgan fingerprint density at radius 2 is 1.93 bits per heavy atom. The average Bonchev–Trinajstić information content (AvgIpc) is 2.96. The van der Waals surface area contributed by atoms with E-state index in [1.807, 2.05) is 24.8 Å². The van der Waals surface area contributed by atoms with Crippen molar-refractivity contribution in [3.8, 4) is 16.9 Å². The summed E-state index contributed by atoms with van der Waals surface area (Å²) in [7, 11) is 0. The van der Waals surface area contributed by atoms with E-state index < -0.39 is 28.9 Å². The van der Waals surface area contributed by atoms with Crippen LogP contribution in [0, 0.1) is 11.6 Å². The number of amides is 1. The van der Waals surface area contributed by atoms with Crippen LogP contribution >= 0.6 is 0 Å². The Kier molecular flexibility index (Phi) is 8.34. The van der Waals surface area contributed by atoms with Gasteiger partial charge in [0.15, 0.2) is 11.5 Å². The van der Waals surface area contributed by atoms with Gasteiger partial charge in [-0.05, 0) is 74.8 Å². The van der Waals surface area contributed by atoms with Crippen molar-refractivity contribution >= 4 is 22.8 Å². The zero-order valence-corrected chi connectivity index (χ0v) is 24.5. The van der Waals surface area contributed by atoms with E-state index in [9.17, 15) is 9.59 Å². The highest BCUT2D eigenvalue weighted by Crippen LogP contribution is 2.36. The molecule has 220 valence electrons. The summed E-state index contributed by atoms with van der Waals surface area (Å²) in [5.74, 6) is -2.34.